The third-order valence-electron chi connectivity index (χ3n) is 4.59. The van der Waals surface area contributed by atoms with E-state index in [1.807, 2.05) is 27.7 Å². The number of hydrogen-bond donors (Lipinski definition) is 1. The number of hydrogen-bond acceptors (Lipinski definition) is 6. The summed E-state index contributed by atoms with van der Waals surface area (Å²) in [4.78, 5) is 4.17. The number of ether oxygens (including phenoxy) is 2. The second-order valence-electron chi connectivity index (χ2n) is 8.20. The maximum Gasteiger partial charge on any atom is 0.586 e. The van der Waals surface area contributed by atoms with E-state index < -0.39 is 23.1 Å². The fourth-order valence-corrected chi connectivity index (χ4v) is 5.64. The van der Waals surface area contributed by atoms with Crippen LogP contribution in [0.1, 0.15) is 75.1 Å². The molecule has 9 heteroatoms. The molecule has 3 rings (SSSR count). The highest BCUT2D eigenvalue weighted by Gasteiger charge is 2.46. The van der Waals surface area contributed by atoms with E-state index in [1.165, 1.54) is 17.5 Å². The number of benzene rings is 1. The summed E-state index contributed by atoms with van der Waals surface area (Å²) >= 11 is -0.273. The van der Waals surface area contributed by atoms with Crippen LogP contribution in [-0.2, 0) is 22.5 Å². The average molecular weight is 446 g/mol. The van der Waals surface area contributed by atoms with Gasteiger partial charge in [-0.15, -0.1) is 8.78 Å². The topological polar surface area (TPSA) is 74.6 Å². The highest BCUT2D eigenvalue weighted by Crippen LogP contribution is 2.50. The molecular formula is C20H25F2NO4S2. The first-order chi connectivity index (χ1) is 13.3. The van der Waals surface area contributed by atoms with Crippen molar-refractivity contribution in [3.05, 3.63) is 34.0 Å². The summed E-state index contributed by atoms with van der Waals surface area (Å²) in [7, 11) is 0. The molecule has 0 saturated heterocycles. The molecule has 29 heavy (non-hydrogen) atoms. The van der Waals surface area contributed by atoms with Gasteiger partial charge in [0.1, 0.15) is 16.4 Å². The molecule has 1 N–H and O–H groups in total. The van der Waals surface area contributed by atoms with Gasteiger partial charge in [0.2, 0.25) is 4.21 Å². The minimum absolute atomic E-state index is 0.0102. The van der Waals surface area contributed by atoms with Crippen LogP contribution in [0.2, 0.25) is 0 Å². The zero-order valence-corrected chi connectivity index (χ0v) is 18.8. The fourth-order valence-electron chi connectivity index (χ4n) is 3.30. The van der Waals surface area contributed by atoms with Crippen molar-refractivity contribution in [1.29, 1.82) is 0 Å². The van der Waals surface area contributed by atoms with Crippen LogP contribution in [0.3, 0.4) is 0 Å². The first-order valence-corrected chi connectivity index (χ1v) is 11.5. The van der Waals surface area contributed by atoms with Crippen LogP contribution in [0.5, 0.6) is 11.5 Å². The molecule has 1 unspecified atom stereocenters. The van der Waals surface area contributed by atoms with Crippen molar-refractivity contribution in [2.45, 2.75) is 75.2 Å². The third-order valence-corrected chi connectivity index (χ3v) is 7.60. The van der Waals surface area contributed by atoms with Gasteiger partial charge >= 0.3 is 6.29 Å². The number of thiazole rings is 1. The second kappa shape index (κ2) is 7.68. The molecule has 1 aromatic heterocycles. The largest absolute Gasteiger partial charge is 0.610 e. The van der Waals surface area contributed by atoms with Gasteiger partial charge in [0.25, 0.3) is 0 Å². The Balaban J connectivity index is 2.05. The van der Waals surface area contributed by atoms with Crippen molar-refractivity contribution in [2.24, 2.45) is 0 Å². The quantitative estimate of drug-likeness (QED) is 0.615. The van der Waals surface area contributed by atoms with E-state index in [4.69, 9.17) is 9.47 Å². The predicted octanol–water partition coefficient (Wildman–Crippen LogP) is 5.25. The molecule has 0 aliphatic carbocycles. The lowest BCUT2D eigenvalue weighted by molar-refractivity contribution is -0.287. The van der Waals surface area contributed by atoms with Crippen molar-refractivity contribution >= 4 is 22.5 Å². The minimum atomic E-state index is -3.71. The van der Waals surface area contributed by atoms with E-state index in [2.05, 4.69) is 4.98 Å². The molecule has 1 aromatic carbocycles. The molecule has 1 atom stereocenters. The molecule has 2 aromatic rings. The van der Waals surface area contributed by atoms with E-state index in [0.29, 0.717) is 14.8 Å². The number of halogens is 2. The van der Waals surface area contributed by atoms with Gasteiger partial charge in [-0.1, -0.05) is 39.0 Å². The first-order valence-electron chi connectivity index (χ1n) is 9.32. The Morgan fingerprint density at radius 3 is 2.41 bits per heavy atom. The highest BCUT2D eigenvalue weighted by atomic mass is 32.2. The fraction of sp³-hybridized carbons (Fsp3) is 0.550. The molecule has 0 bridgehead atoms. The van der Waals surface area contributed by atoms with Crippen LogP contribution >= 0.6 is 11.3 Å². The Morgan fingerprint density at radius 2 is 1.90 bits per heavy atom. The summed E-state index contributed by atoms with van der Waals surface area (Å²) in [5.74, 6) is 0.0368. The molecule has 160 valence electrons. The molecule has 2 heterocycles. The van der Waals surface area contributed by atoms with Gasteiger partial charge in [0, 0.05) is 22.3 Å². The van der Waals surface area contributed by atoms with E-state index >= 15 is 0 Å². The monoisotopic (exact) mass is 445 g/mol. The van der Waals surface area contributed by atoms with Crippen LogP contribution in [-0.4, -0.2) is 20.9 Å². The van der Waals surface area contributed by atoms with Crippen LogP contribution in [0, 0.1) is 0 Å². The molecule has 0 radical (unpaired) electrons. The number of nitrogens with zero attached hydrogens (tertiary/aromatic N) is 1. The number of fused-ring (bicyclic) bond motifs is 1. The van der Waals surface area contributed by atoms with Crippen molar-refractivity contribution in [2.75, 3.05) is 0 Å². The van der Waals surface area contributed by atoms with Gasteiger partial charge in [-0.2, -0.15) is 0 Å². The Hall–Kier alpha value is -1.42. The maximum atomic E-state index is 13.8. The Morgan fingerprint density at radius 1 is 1.24 bits per heavy atom. The lowest BCUT2D eigenvalue weighted by Crippen LogP contribution is -2.26. The summed E-state index contributed by atoms with van der Waals surface area (Å²) in [6.45, 7) is 10.9. The zero-order valence-electron chi connectivity index (χ0n) is 17.2. The Bertz CT molecular complexity index is 907. The number of aromatic nitrogens is 1. The molecule has 0 saturated carbocycles. The van der Waals surface area contributed by atoms with Gasteiger partial charge in [-0.25, -0.2) is 4.98 Å². The summed E-state index contributed by atoms with van der Waals surface area (Å²) < 4.78 is 50.6. The minimum Gasteiger partial charge on any atom is -0.610 e. The molecule has 0 amide bonds. The molecule has 0 spiro atoms. The standard InChI is InChI=1S/C20H25F2NO4S2/c1-10(2)12-7-14-17(27-20(21,22)26-14)16(11(3)4)13(12)9-29(25)15-8-23-18(28-15)19(5,6)24/h7-8,10-11,24H,9H2,1-6H3. The van der Waals surface area contributed by atoms with Gasteiger partial charge in [-0.3, -0.25) is 0 Å². The van der Waals surface area contributed by atoms with Gasteiger partial charge < -0.3 is 19.1 Å². The lowest BCUT2D eigenvalue weighted by Gasteiger charge is -2.21. The summed E-state index contributed by atoms with van der Waals surface area (Å²) in [6, 6.07) is 1.56. The van der Waals surface area contributed by atoms with Crippen molar-refractivity contribution in [3.63, 3.8) is 0 Å². The van der Waals surface area contributed by atoms with Crippen LogP contribution in [0.15, 0.2) is 16.5 Å². The van der Waals surface area contributed by atoms with E-state index in [9.17, 15) is 18.4 Å². The SMILES string of the molecule is CC(C)c1cc2c(c(C(C)C)c1C[S+]([O-])c1cnc(C(C)(C)O)s1)OC(F)(F)O2. The summed E-state index contributed by atoms with van der Waals surface area (Å²) in [5.41, 5.74) is 0.994. The van der Waals surface area contributed by atoms with Crippen molar-refractivity contribution in [3.8, 4) is 11.5 Å². The first kappa shape index (κ1) is 22.3. The average Bonchev–Trinajstić information content (AvgIpc) is 3.16. The van der Waals surface area contributed by atoms with E-state index in [0.717, 1.165) is 11.1 Å². The molecule has 1 aliphatic rings. The third kappa shape index (κ3) is 4.52. The zero-order chi connectivity index (χ0) is 21.7. The summed E-state index contributed by atoms with van der Waals surface area (Å²) in [6.07, 6.45) is -2.21. The van der Waals surface area contributed by atoms with E-state index in [-0.39, 0.29) is 29.1 Å². The smallest absolute Gasteiger partial charge is 0.586 e. The van der Waals surface area contributed by atoms with Crippen LogP contribution in [0.25, 0.3) is 0 Å². The predicted molar refractivity (Wildman–Crippen MR) is 108 cm³/mol. The number of aliphatic hydroxyl groups is 1. The number of rotatable bonds is 6. The van der Waals surface area contributed by atoms with Crippen molar-refractivity contribution in [1.82, 2.24) is 4.98 Å². The van der Waals surface area contributed by atoms with Crippen LogP contribution < -0.4 is 9.47 Å². The van der Waals surface area contributed by atoms with Gasteiger partial charge in [0.15, 0.2) is 11.5 Å². The Kier molecular flexibility index (Phi) is 5.90. The molecule has 0 fully saturated rings. The highest BCUT2D eigenvalue weighted by molar-refractivity contribution is 7.92. The van der Waals surface area contributed by atoms with Gasteiger partial charge in [-0.05, 0) is 37.3 Å². The maximum absolute atomic E-state index is 13.8. The molecule has 1 aliphatic heterocycles. The second-order valence-corrected chi connectivity index (χ2v) is 10.9. The molecule has 5 nitrogen and oxygen atoms in total. The Labute approximate surface area is 176 Å². The normalized spacial score (nSPS) is 16.7. The lowest BCUT2D eigenvalue weighted by atomic mass is 9.88. The number of alkyl halides is 2. The van der Waals surface area contributed by atoms with Crippen molar-refractivity contribution < 1.29 is 27.9 Å². The van der Waals surface area contributed by atoms with Gasteiger partial charge in [0.05, 0.1) is 6.20 Å². The van der Waals surface area contributed by atoms with Crippen LogP contribution in [0.4, 0.5) is 8.78 Å². The summed E-state index contributed by atoms with van der Waals surface area (Å²) in [5, 5.41) is 10.6. The van der Waals surface area contributed by atoms with E-state index in [1.54, 1.807) is 19.9 Å². The molecular weight excluding hydrogens is 420 g/mol.